The zero-order chi connectivity index (χ0) is 23.2. The molecular formula is C25H21ClN4O2S. The fraction of sp³-hybridized carbons (Fsp3) is 0.0800. The lowest BCUT2D eigenvalue weighted by Gasteiger charge is -2.04. The number of aryl methyl sites for hydroxylation is 1. The van der Waals surface area contributed by atoms with Crippen molar-refractivity contribution in [2.75, 3.05) is 12.4 Å². The highest BCUT2D eigenvalue weighted by molar-refractivity contribution is 7.14. The van der Waals surface area contributed by atoms with Crippen LogP contribution in [-0.4, -0.2) is 24.2 Å². The Hall–Kier alpha value is -3.68. The zero-order valence-corrected chi connectivity index (χ0v) is 19.6. The summed E-state index contributed by atoms with van der Waals surface area (Å²) in [6.45, 7) is 2.05. The van der Waals surface area contributed by atoms with Gasteiger partial charge in [0.1, 0.15) is 5.75 Å². The topological polar surface area (TPSA) is 75.6 Å². The van der Waals surface area contributed by atoms with Crippen molar-refractivity contribution in [1.29, 1.82) is 0 Å². The monoisotopic (exact) mass is 476 g/mol. The minimum absolute atomic E-state index is 0.308. The summed E-state index contributed by atoms with van der Waals surface area (Å²) < 4.78 is 5.12. The van der Waals surface area contributed by atoms with Gasteiger partial charge < -0.3 is 10.1 Å². The summed E-state index contributed by atoms with van der Waals surface area (Å²) in [5.41, 5.74) is 7.74. The van der Waals surface area contributed by atoms with E-state index < -0.39 is 0 Å². The Labute approximate surface area is 200 Å². The maximum absolute atomic E-state index is 12.4. The van der Waals surface area contributed by atoms with Gasteiger partial charge in [0.25, 0.3) is 5.91 Å². The van der Waals surface area contributed by atoms with Gasteiger partial charge >= 0.3 is 0 Å². The number of thiazole rings is 1. The van der Waals surface area contributed by atoms with Crippen molar-refractivity contribution in [2.45, 2.75) is 6.92 Å². The number of hydrogen-bond acceptors (Lipinski definition) is 6. The number of nitrogens with one attached hydrogen (secondary N) is 2. The van der Waals surface area contributed by atoms with E-state index in [0.29, 0.717) is 16.3 Å². The first-order chi connectivity index (χ1) is 16.0. The number of hydrogen-bond donors (Lipinski definition) is 2. The fourth-order valence-electron chi connectivity index (χ4n) is 3.01. The largest absolute Gasteiger partial charge is 0.495 e. The number of methoxy groups -OCH3 is 1. The molecule has 0 bridgehead atoms. The van der Waals surface area contributed by atoms with Crippen molar-refractivity contribution in [3.05, 3.63) is 93.8 Å². The molecule has 0 unspecified atom stereocenters. The quantitative estimate of drug-likeness (QED) is 0.243. The van der Waals surface area contributed by atoms with Crippen molar-refractivity contribution < 1.29 is 9.53 Å². The van der Waals surface area contributed by atoms with Gasteiger partial charge in [0.2, 0.25) is 0 Å². The van der Waals surface area contributed by atoms with Gasteiger partial charge in [-0.05, 0) is 55.0 Å². The number of aromatic nitrogens is 1. The Morgan fingerprint density at radius 2 is 1.85 bits per heavy atom. The molecule has 4 aromatic rings. The molecule has 0 fully saturated rings. The SMILES string of the molecule is COc1ccc(/C=N\NC(=O)c2ccc(-c3csc(Nc4ccc(C)cc4)n3)cc2)cc1Cl. The first-order valence-corrected chi connectivity index (χ1v) is 11.3. The van der Waals surface area contributed by atoms with Crippen LogP contribution in [0, 0.1) is 6.92 Å². The second kappa shape index (κ2) is 10.3. The minimum atomic E-state index is -0.308. The van der Waals surface area contributed by atoms with Crippen LogP contribution in [0.3, 0.4) is 0 Å². The molecule has 0 aliphatic carbocycles. The van der Waals surface area contributed by atoms with Crippen LogP contribution in [-0.2, 0) is 0 Å². The van der Waals surface area contributed by atoms with E-state index in [0.717, 1.165) is 27.6 Å². The summed E-state index contributed by atoms with van der Waals surface area (Å²) in [7, 11) is 1.55. The van der Waals surface area contributed by atoms with Gasteiger partial charge in [0, 0.05) is 22.2 Å². The lowest BCUT2D eigenvalue weighted by molar-refractivity contribution is 0.0955. The molecule has 2 N–H and O–H groups in total. The van der Waals surface area contributed by atoms with Gasteiger partial charge in [-0.2, -0.15) is 5.10 Å². The first-order valence-electron chi connectivity index (χ1n) is 10.1. The summed E-state index contributed by atoms with van der Waals surface area (Å²) in [6.07, 6.45) is 1.52. The molecule has 1 aromatic heterocycles. The van der Waals surface area contributed by atoms with Crippen molar-refractivity contribution >= 4 is 45.9 Å². The number of ether oxygens (including phenoxy) is 1. The molecule has 166 valence electrons. The van der Waals surface area contributed by atoms with Crippen LogP contribution < -0.4 is 15.5 Å². The van der Waals surface area contributed by atoms with E-state index in [2.05, 4.69) is 39.9 Å². The van der Waals surface area contributed by atoms with E-state index >= 15 is 0 Å². The van der Waals surface area contributed by atoms with E-state index in [1.807, 2.05) is 29.6 Å². The number of rotatable bonds is 7. The Morgan fingerprint density at radius 1 is 1.09 bits per heavy atom. The molecule has 0 spiro atoms. The number of benzene rings is 3. The molecule has 3 aromatic carbocycles. The van der Waals surface area contributed by atoms with Crippen LogP contribution in [0.2, 0.25) is 5.02 Å². The van der Waals surface area contributed by atoms with Crippen molar-refractivity contribution in [3.8, 4) is 17.0 Å². The molecule has 4 rings (SSSR count). The molecule has 8 heteroatoms. The molecule has 33 heavy (non-hydrogen) atoms. The van der Waals surface area contributed by atoms with Crippen LogP contribution in [0.5, 0.6) is 5.75 Å². The Kier molecular flexibility index (Phi) is 7.02. The average Bonchev–Trinajstić information content (AvgIpc) is 3.29. The highest BCUT2D eigenvalue weighted by atomic mass is 35.5. The lowest BCUT2D eigenvalue weighted by atomic mass is 10.1. The number of amides is 1. The summed E-state index contributed by atoms with van der Waals surface area (Å²) in [6, 6.07) is 20.6. The van der Waals surface area contributed by atoms with Crippen LogP contribution in [0.1, 0.15) is 21.5 Å². The molecule has 0 atom stereocenters. The van der Waals surface area contributed by atoms with Crippen molar-refractivity contribution in [3.63, 3.8) is 0 Å². The minimum Gasteiger partial charge on any atom is -0.495 e. The second-order valence-electron chi connectivity index (χ2n) is 7.20. The summed E-state index contributed by atoms with van der Waals surface area (Å²) >= 11 is 7.63. The van der Waals surface area contributed by atoms with Crippen LogP contribution in [0.25, 0.3) is 11.3 Å². The second-order valence-corrected chi connectivity index (χ2v) is 8.46. The smallest absolute Gasteiger partial charge is 0.271 e. The number of halogens is 1. The van der Waals surface area contributed by atoms with Crippen molar-refractivity contribution in [2.24, 2.45) is 5.10 Å². The van der Waals surface area contributed by atoms with Gasteiger partial charge in [0.05, 0.1) is 24.0 Å². The predicted octanol–water partition coefficient (Wildman–Crippen LogP) is 6.29. The highest BCUT2D eigenvalue weighted by Gasteiger charge is 2.08. The maximum atomic E-state index is 12.4. The van der Waals surface area contributed by atoms with Crippen LogP contribution in [0.4, 0.5) is 10.8 Å². The maximum Gasteiger partial charge on any atom is 0.271 e. The van der Waals surface area contributed by atoms with E-state index in [-0.39, 0.29) is 5.91 Å². The third-order valence-electron chi connectivity index (χ3n) is 4.81. The Bertz CT molecular complexity index is 1280. The van der Waals surface area contributed by atoms with Crippen molar-refractivity contribution in [1.82, 2.24) is 10.4 Å². The normalized spacial score (nSPS) is 10.9. The van der Waals surface area contributed by atoms with E-state index in [9.17, 15) is 4.79 Å². The molecule has 0 radical (unpaired) electrons. The molecule has 0 aliphatic rings. The number of anilines is 2. The predicted molar refractivity (Wildman–Crippen MR) is 135 cm³/mol. The number of nitrogens with zero attached hydrogens (tertiary/aromatic N) is 2. The number of carbonyl (C=O) groups is 1. The van der Waals surface area contributed by atoms with E-state index in [1.54, 1.807) is 37.4 Å². The Morgan fingerprint density at radius 3 is 2.55 bits per heavy atom. The third-order valence-corrected chi connectivity index (χ3v) is 5.86. The molecular weight excluding hydrogens is 456 g/mol. The van der Waals surface area contributed by atoms with Gasteiger partial charge in [-0.15, -0.1) is 11.3 Å². The summed E-state index contributed by atoms with van der Waals surface area (Å²) in [4.78, 5) is 17.0. The molecule has 6 nitrogen and oxygen atoms in total. The average molecular weight is 477 g/mol. The number of carbonyl (C=O) groups excluding carboxylic acids is 1. The standard InChI is InChI=1S/C25H21ClN4O2S/c1-16-3-10-20(11-4-16)28-25-29-22(15-33-25)18-6-8-19(9-7-18)24(31)30-27-14-17-5-12-23(32-2)21(26)13-17/h3-15H,1-2H3,(H,28,29)(H,30,31)/b27-14-. The molecule has 0 saturated carbocycles. The molecule has 1 amide bonds. The van der Waals surface area contributed by atoms with Gasteiger partial charge in [-0.1, -0.05) is 41.4 Å². The van der Waals surface area contributed by atoms with E-state index in [1.165, 1.54) is 23.1 Å². The van der Waals surface area contributed by atoms with E-state index in [4.69, 9.17) is 16.3 Å². The summed E-state index contributed by atoms with van der Waals surface area (Å²) in [5.74, 6) is 0.272. The lowest BCUT2D eigenvalue weighted by Crippen LogP contribution is -2.17. The highest BCUT2D eigenvalue weighted by Crippen LogP contribution is 2.27. The number of hydrazone groups is 1. The third kappa shape index (κ3) is 5.77. The fourth-order valence-corrected chi connectivity index (χ4v) is 4.02. The summed E-state index contributed by atoms with van der Waals surface area (Å²) in [5, 5.41) is 10.6. The van der Waals surface area contributed by atoms with Crippen LogP contribution >= 0.6 is 22.9 Å². The van der Waals surface area contributed by atoms with Gasteiger partial charge in [-0.3, -0.25) is 4.79 Å². The zero-order valence-electron chi connectivity index (χ0n) is 18.0. The molecule has 1 heterocycles. The van der Waals surface area contributed by atoms with Gasteiger partial charge in [-0.25, -0.2) is 10.4 Å². The van der Waals surface area contributed by atoms with Gasteiger partial charge in [0.15, 0.2) is 5.13 Å². The van der Waals surface area contributed by atoms with Crippen LogP contribution in [0.15, 0.2) is 77.2 Å². The molecule has 0 aliphatic heterocycles. The Balaban J connectivity index is 1.36. The first kappa shape index (κ1) is 22.5. The molecule has 0 saturated heterocycles.